The Hall–Kier alpha value is -1.46. The fourth-order valence-corrected chi connectivity index (χ4v) is 1.90. The molecule has 0 N–H and O–H groups in total. The average Bonchev–Trinajstić information content (AvgIpc) is 2.51. The van der Waals surface area contributed by atoms with E-state index in [2.05, 4.69) is 0 Å². The van der Waals surface area contributed by atoms with Gasteiger partial charge in [0.15, 0.2) is 11.5 Å². The Labute approximate surface area is 128 Å². The first kappa shape index (κ1) is 18.6. The van der Waals surface area contributed by atoms with Crippen molar-refractivity contribution in [3.05, 3.63) is 23.3 Å². The van der Waals surface area contributed by atoms with Gasteiger partial charge in [-0.25, -0.2) is 0 Å². The monoisotopic (exact) mass is 322 g/mol. The molecule has 0 radical (unpaired) electrons. The molecule has 0 bridgehead atoms. The Morgan fingerprint density at radius 2 is 0.909 bits per heavy atom. The van der Waals surface area contributed by atoms with E-state index in [0.29, 0.717) is 12.8 Å². The van der Waals surface area contributed by atoms with E-state index >= 15 is 0 Å². The smallest absolute Gasteiger partial charge is 0.207 e. The minimum atomic E-state index is -1.55. The van der Waals surface area contributed by atoms with Crippen LogP contribution in [0.4, 0.5) is 17.6 Å². The van der Waals surface area contributed by atoms with Crippen LogP contribution in [0.1, 0.15) is 52.4 Å². The molecule has 2 nitrogen and oxygen atoms in total. The van der Waals surface area contributed by atoms with Crippen LogP contribution in [0.5, 0.6) is 11.5 Å². The second-order valence-corrected chi connectivity index (χ2v) is 5.03. The van der Waals surface area contributed by atoms with E-state index in [-0.39, 0.29) is 13.2 Å². The molecule has 126 valence electrons. The molecular formula is C16H22F4O2. The van der Waals surface area contributed by atoms with E-state index in [1.165, 1.54) is 0 Å². The van der Waals surface area contributed by atoms with Crippen molar-refractivity contribution in [2.75, 3.05) is 13.2 Å². The summed E-state index contributed by atoms with van der Waals surface area (Å²) in [4.78, 5) is 0. The van der Waals surface area contributed by atoms with Gasteiger partial charge < -0.3 is 9.47 Å². The standard InChI is InChI=1S/C16H22F4O2/c1-3-5-7-9-21-15-11(17)13(19)16(14(20)12(15)18)22-10-8-6-4-2/h3-10H2,1-2H3. The van der Waals surface area contributed by atoms with Gasteiger partial charge in [0.2, 0.25) is 23.3 Å². The Morgan fingerprint density at radius 3 is 1.18 bits per heavy atom. The van der Waals surface area contributed by atoms with Crippen LogP contribution in [-0.4, -0.2) is 13.2 Å². The van der Waals surface area contributed by atoms with Crippen LogP contribution in [0.3, 0.4) is 0 Å². The number of benzene rings is 1. The third-order valence-corrected chi connectivity index (χ3v) is 3.17. The topological polar surface area (TPSA) is 18.5 Å². The molecule has 0 fully saturated rings. The number of rotatable bonds is 10. The van der Waals surface area contributed by atoms with Crippen molar-refractivity contribution < 1.29 is 27.0 Å². The van der Waals surface area contributed by atoms with Crippen molar-refractivity contribution in [1.29, 1.82) is 0 Å². The molecule has 0 saturated carbocycles. The predicted octanol–water partition coefficient (Wildman–Crippen LogP) is 5.38. The second kappa shape index (κ2) is 9.54. The summed E-state index contributed by atoms with van der Waals surface area (Å²) >= 11 is 0. The lowest BCUT2D eigenvalue weighted by atomic mass is 10.2. The van der Waals surface area contributed by atoms with Gasteiger partial charge in [0.25, 0.3) is 0 Å². The van der Waals surface area contributed by atoms with Gasteiger partial charge in [-0.2, -0.15) is 17.6 Å². The van der Waals surface area contributed by atoms with Crippen LogP contribution in [0.2, 0.25) is 0 Å². The maximum atomic E-state index is 13.8. The number of halogens is 4. The molecular weight excluding hydrogens is 300 g/mol. The fourth-order valence-electron chi connectivity index (χ4n) is 1.90. The third-order valence-electron chi connectivity index (χ3n) is 3.17. The molecule has 1 rings (SSSR count). The molecule has 0 spiro atoms. The molecule has 0 amide bonds. The molecule has 0 aliphatic carbocycles. The molecule has 0 unspecified atom stereocenters. The highest BCUT2D eigenvalue weighted by molar-refractivity contribution is 5.38. The largest absolute Gasteiger partial charge is 0.487 e. The summed E-state index contributed by atoms with van der Waals surface area (Å²) in [6, 6.07) is 0. The highest BCUT2D eigenvalue weighted by Gasteiger charge is 2.27. The number of unbranched alkanes of at least 4 members (excludes halogenated alkanes) is 4. The van der Waals surface area contributed by atoms with Crippen LogP contribution < -0.4 is 9.47 Å². The zero-order valence-electron chi connectivity index (χ0n) is 13.0. The zero-order valence-corrected chi connectivity index (χ0v) is 13.0. The third kappa shape index (κ3) is 4.78. The van der Waals surface area contributed by atoms with E-state index in [1.807, 2.05) is 13.8 Å². The van der Waals surface area contributed by atoms with Gasteiger partial charge in [0.05, 0.1) is 13.2 Å². The van der Waals surface area contributed by atoms with E-state index < -0.39 is 34.8 Å². The summed E-state index contributed by atoms with van der Waals surface area (Å²) in [5.41, 5.74) is 0. The van der Waals surface area contributed by atoms with Crippen LogP contribution in [0.15, 0.2) is 0 Å². The van der Waals surface area contributed by atoms with Crippen molar-refractivity contribution in [2.24, 2.45) is 0 Å². The summed E-state index contributed by atoms with van der Waals surface area (Å²) in [5, 5.41) is 0. The van der Waals surface area contributed by atoms with Crippen LogP contribution in [0.25, 0.3) is 0 Å². The van der Waals surface area contributed by atoms with Crippen molar-refractivity contribution in [2.45, 2.75) is 52.4 Å². The summed E-state index contributed by atoms with van der Waals surface area (Å²) in [6.07, 6.45) is 4.48. The summed E-state index contributed by atoms with van der Waals surface area (Å²) in [5.74, 6) is -8.26. The Balaban J connectivity index is 2.85. The lowest BCUT2D eigenvalue weighted by Crippen LogP contribution is -2.09. The van der Waals surface area contributed by atoms with Gasteiger partial charge in [-0.1, -0.05) is 39.5 Å². The minimum absolute atomic E-state index is 0.00271. The highest BCUT2D eigenvalue weighted by atomic mass is 19.2. The SMILES string of the molecule is CCCCCOc1c(F)c(F)c(OCCCCC)c(F)c1F. The maximum Gasteiger partial charge on any atom is 0.207 e. The van der Waals surface area contributed by atoms with Gasteiger partial charge in [-0.15, -0.1) is 0 Å². The fraction of sp³-hybridized carbons (Fsp3) is 0.625. The highest BCUT2D eigenvalue weighted by Crippen LogP contribution is 2.34. The lowest BCUT2D eigenvalue weighted by Gasteiger charge is -2.13. The first-order chi connectivity index (χ1) is 10.5. The van der Waals surface area contributed by atoms with E-state index in [1.54, 1.807) is 0 Å². The van der Waals surface area contributed by atoms with Gasteiger partial charge in [-0.05, 0) is 12.8 Å². The lowest BCUT2D eigenvalue weighted by molar-refractivity contribution is 0.238. The first-order valence-electron chi connectivity index (χ1n) is 7.66. The molecule has 0 saturated heterocycles. The van der Waals surface area contributed by atoms with E-state index in [0.717, 1.165) is 25.7 Å². The summed E-state index contributed by atoms with van der Waals surface area (Å²) in [6.45, 7) is 3.89. The van der Waals surface area contributed by atoms with Gasteiger partial charge in [0, 0.05) is 0 Å². The predicted molar refractivity (Wildman–Crippen MR) is 76.3 cm³/mol. The quantitative estimate of drug-likeness (QED) is 0.327. The van der Waals surface area contributed by atoms with Crippen LogP contribution >= 0.6 is 0 Å². The number of hydrogen-bond donors (Lipinski definition) is 0. The van der Waals surface area contributed by atoms with Crippen LogP contribution in [0, 0.1) is 23.3 Å². The normalized spacial score (nSPS) is 10.8. The molecule has 1 aromatic carbocycles. The molecule has 22 heavy (non-hydrogen) atoms. The van der Waals surface area contributed by atoms with Crippen LogP contribution in [-0.2, 0) is 0 Å². The Kier molecular flexibility index (Phi) is 8.06. The summed E-state index contributed by atoms with van der Waals surface area (Å²) in [7, 11) is 0. The second-order valence-electron chi connectivity index (χ2n) is 5.03. The number of ether oxygens (including phenoxy) is 2. The average molecular weight is 322 g/mol. The molecule has 0 heterocycles. The molecule has 0 atom stereocenters. The minimum Gasteiger partial charge on any atom is -0.487 e. The zero-order chi connectivity index (χ0) is 16.5. The molecule has 0 aliphatic heterocycles. The van der Waals surface area contributed by atoms with E-state index in [4.69, 9.17) is 9.47 Å². The van der Waals surface area contributed by atoms with Gasteiger partial charge in [-0.3, -0.25) is 0 Å². The molecule has 0 aliphatic rings. The van der Waals surface area contributed by atoms with Crippen molar-refractivity contribution in [1.82, 2.24) is 0 Å². The summed E-state index contributed by atoms with van der Waals surface area (Å²) < 4.78 is 64.9. The molecule has 6 heteroatoms. The van der Waals surface area contributed by atoms with E-state index in [9.17, 15) is 17.6 Å². The molecule has 0 aromatic heterocycles. The van der Waals surface area contributed by atoms with Crippen molar-refractivity contribution in [3.63, 3.8) is 0 Å². The Morgan fingerprint density at radius 1 is 0.591 bits per heavy atom. The van der Waals surface area contributed by atoms with Gasteiger partial charge in [0.1, 0.15) is 0 Å². The molecule has 1 aromatic rings. The van der Waals surface area contributed by atoms with Gasteiger partial charge >= 0.3 is 0 Å². The number of hydrogen-bond acceptors (Lipinski definition) is 2. The Bertz CT molecular complexity index is 406. The van der Waals surface area contributed by atoms with Crippen molar-refractivity contribution >= 4 is 0 Å². The maximum absolute atomic E-state index is 13.8. The van der Waals surface area contributed by atoms with Crippen molar-refractivity contribution in [3.8, 4) is 11.5 Å². The first-order valence-corrected chi connectivity index (χ1v) is 7.66.